The minimum atomic E-state index is -0.492. The Balaban J connectivity index is 1.38. The van der Waals surface area contributed by atoms with Crippen molar-refractivity contribution in [3.05, 3.63) is 53.2 Å². The molecule has 2 aromatic rings. The number of ether oxygens (including phenoxy) is 1. The Bertz CT molecular complexity index is 760. The fraction of sp³-hybridized carbons (Fsp3) is 0.500. The first-order valence-electron chi connectivity index (χ1n) is 9.13. The smallest absolute Gasteiger partial charge is 0.394 e. The van der Waals surface area contributed by atoms with Crippen LogP contribution in [-0.4, -0.2) is 35.5 Å². The molecule has 5 nitrogen and oxygen atoms in total. The SMILES string of the molecule is CCOC(=O)c1ncc(CN2CCC3(CCc4ccccc43)CC2)o1. The van der Waals surface area contributed by atoms with Crippen molar-refractivity contribution in [1.29, 1.82) is 0 Å². The molecule has 1 aromatic carbocycles. The third-order valence-electron chi connectivity index (χ3n) is 5.66. The lowest BCUT2D eigenvalue weighted by molar-refractivity contribution is 0.0476. The Morgan fingerprint density at radius 3 is 2.88 bits per heavy atom. The van der Waals surface area contributed by atoms with Crippen molar-refractivity contribution in [3.63, 3.8) is 0 Å². The third kappa shape index (κ3) is 3.09. The normalized spacial score (nSPS) is 19.1. The van der Waals surface area contributed by atoms with Gasteiger partial charge < -0.3 is 9.15 Å². The number of aryl methyl sites for hydroxylation is 1. The highest BCUT2D eigenvalue weighted by Gasteiger charge is 2.40. The summed E-state index contributed by atoms with van der Waals surface area (Å²) in [5.74, 6) is 0.287. The molecular weight excluding hydrogens is 316 g/mol. The maximum Gasteiger partial charge on any atom is 0.394 e. The fourth-order valence-corrected chi connectivity index (χ4v) is 4.31. The largest absolute Gasteiger partial charge is 0.459 e. The highest BCUT2D eigenvalue weighted by Crippen LogP contribution is 2.46. The molecule has 0 amide bonds. The van der Waals surface area contributed by atoms with Crippen LogP contribution >= 0.6 is 0 Å². The maximum absolute atomic E-state index is 11.6. The molecule has 2 aliphatic rings. The summed E-state index contributed by atoms with van der Waals surface area (Å²) in [7, 11) is 0. The highest BCUT2D eigenvalue weighted by atomic mass is 16.5. The van der Waals surface area contributed by atoms with Crippen molar-refractivity contribution in [1.82, 2.24) is 9.88 Å². The Hall–Kier alpha value is -2.14. The van der Waals surface area contributed by atoms with E-state index < -0.39 is 5.97 Å². The Morgan fingerprint density at radius 1 is 1.28 bits per heavy atom. The predicted molar refractivity (Wildman–Crippen MR) is 93.4 cm³/mol. The van der Waals surface area contributed by atoms with Crippen molar-refractivity contribution in [2.24, 2.45) is 0 Å². The predicted octanol–water partition coefficient (Wildman–Crippen LogP) is 3.33. The van der Waals surface area contributed by atoms with E-state index in [-0.39, 0.29) is 5.89 Å². The van der Waals surface area contributed by atoms with Crippen molar-refractivity contribution < 1.29 is 13.9 Å². The number of likely N-dealkylation sites (tertiary alicyclic amines) is 1. The number of nitrogens with zero attached hydrogens (tertiary/aromatic N) is 2. The zero-order valence-corrected chi connectivity index (χ0v) is 14.7. The molecule has 1 aliphatic heterocycles. The van der Waals surface area contributed by atoms with E-state index in [4.69, 9.17) is 9.15 Å². The minimum absolute atomic E-state index is 0.0510. The maximum atomic E-state index is 11.6. The van der Waals surface area contributed by atoms with Gasteiger partial charge in [-0.1, -0.05) is 24.3 Å². The van der Waals surface area contributed by atoms with Gasteiger partial charge in [0.1, 0.15) is 5.76 Å². The van der Waals surface area contributed by atoms with Crippen LogP contribution in [0.5, 0.6) is 0 Å². The van der Waals surface area contributed by atoms with E-state index in [1.165, 1.54) is 31.2 Å². The number of oxazole rings is 1. The number of hydrogen-bond donors (Lipinski definition) is 0. The molecule has 25 heavy (non-hydrogen) atoms. The van der Waals surface area contributed by atoms with E-state index in [0.29, 0.717) is 18.6 Å². The second-order valence-corrected chi connectivity index (χ2v) is 7.07. The first kappa shape index (κ1) is 16.3. The van der Waals surface area contributed by atoms with Crippen LogP contribution in [0.25, 0.3) is 0 Å². The minimum Gasteiger partial charge on any atom is -0.459 e. The summed E-state index contributed by atoms with van der Waals surface area (Å²) in [5, 5.41) is 0. The number of aromatic nitrogens is 1. The van der Waals surface area contributed by atoms with Crippen LogP contribution in [0, 0.1) is 0 Å². The number of fused-ring (bicyclic) bond motifs is 2. The van der Waals surface area contributed by atoms with Gasteiger partial charge in [-0.3, -0.25) is 4.90 Å². The standard InChI is InChI=1S/C20H24N2O3/c1-2-24-19(23)18-21-13-16(25-18)14-22-11-9-20(10-12-22)8-7-15-5-3-4-6-17(15)20/h3-6,13H,2,7-12,14H2,1H3. The molecule has 0 atom stereocenters. The summed E-state index contributed by atoms with van der Waals surface area (Å²) < 4.78 is 10.5. The van der Waals surface area contributed by atoms with E-state index in [9.17, 15) is 4.79 Å². The molecule has 4 rings (SSSR count). The van der Waals surface area contributed by atoms with Gasteiger partial charge in [0.15, 0.2) is 0 Å². The number of benzene rings is 1. The van der Waals surface area contributed by atoms with Crippen molar-refractivity contribution in [2.75, 3.05) is 19.7 Å². The lowest BCUT2D eigenvalue weighted by atomic mass is 9.74. The molecule has 132 valence electrons. The summed E-state index contributed by atoms with van der Waals surface area (Å²) in [6.45, 7) is 4.89. The van der Waals surface area contributed by atoms with Gasteiger partial charge in [-0.2, -0.15) is 0 Å². The first-order valence-corrected chi connectivity index (χ1v) is 9.13. The highest BCUT2D eigenvalue weighted by molar-refractivity contribution is 5.84. The molecule has 0 unspecified atom stereocenters. The van der Waals surface area contributed by atoms with Gasteiger partial charge in [0.05, 0.1) is 19.3 Å². The summed E-state index contributed by atoms with van der Waals surface area (Å²) in [6.07, 6.45) is 6.49. The number of hydrogen-bond acceptors (Lipinski definition) is 5. The Morgan fingerprint density at radius 2 is 2.08 bits per heavy atom. The quantitative estimate of drug-likeness (QED) is 0.799. The molecule has 0 saturated carbocycles. The molecule has 5 heteroatoms. The van der Waals surface area contributed by atoms with Crippen LogP contribution in [0.4, 0.5) is 0 Å². The van der Waals surface area contributed by atoms with E-state index in [0.717, 1.165) is 18.8 Å². The van der Waals surface area contributed by atoms with Gasteiger partial charge in [-0.25, -0.2) is 9.78 Å². The van der Waals surface area contributed by atoms with E-state index in [1.807, 2.05) is 0 Å². The lowest BCUT2D eigenvalue weighted by Gasteiger charge is -2.39. The molecule has 1 aromatic heterocycles. The molecule has 0 bridgehead atoms. The monoisotopic (exact) mass is 340 g/mol. The average molecular weight is 340 g/mol. The van der Waals surface area contributed by atoms with Gasteiger partial charge >= 0.3 is 11.9 Å². The van der Waals surface area contributed by atoms with Gasteiger partial charge in [0, 0.05) is 0 Å². The second-order valence-electron chi connectivity index (χ2n) is 7.07. The molecule has 1 fully saturated rings. The molecule has 2 heterocycles. The number of rotatable bonds is 4. The van der Waals surface area contributed by atoms with Crippen LogP contribution in [0.1, 0.15) is 53.8 Å². The summed E-state index contributed by atoms with van der Waals surface area (Å²) in [4.78, 5) is 18.1. The number of carbonyl (C=O) groups excluding carboxylic acids is 1. The van der Waals surface area contributed by atoms with Crippen molar-refractivity contribution in [3.8, 4) is 0 Å². The van der Waals surface area contributed by atoms with E-state index >= 15 is 0 Å². The summed E-state index contributed by atoms with van der Waals surface area (Å²) >= 11 is 0. The van der Waals surface area contributed by atoms with Gasteiger partial charge in [0.2, 0.25) is 0 Å². The molecular formula is C20H24N2O3. The first-order chi connectivity index (χ1) is 12.2. The van der Waals surface area contributed by atoms with Crippen LogP contribution < -0.4 is 0 Å². The Kier molecular flexibility index (Phi) is 4.34. The zero-order chi connectivity index (χ0) is 17.3. The second kappa shape index (κ2) is 6.64. The number of esters is 1. The van der Waals surface area contributed by atoms with Crippen LogP contribution in [0.15, 0.2) is 34.9 Å². The zero-order valence-electron chi connectivity index (χ0n) is 14.7. The van der Waals surface area contributed by atoms with Crippen LogP contribution in [0.3, 0.4) is 0 Å². The van der Waals surface area contributed by atoms with Gasteiger partial charge in [0.25, 0.3) is 0 Å². The lowest BCUT2D eigenvalue weighted by Crippen LogP contribution is -2.41. The summed E-state index contributed by atoms with van der Waals surface area (Å²) in [6, 6.07) is 8.92. The number of carbonyl (C=O) groups is 1. The number of piperidine rings is 1. The molecule has 1 saturated heterocycles. The average Bonchev–Trinajstić information content (AvgIpc) is 3.24. The van der Waals surface area contributed by atoms with Crippen molar-refractivity contribution >= 4 is 5.97 Å². The molecule has 1 spiro atoms. The van der Waals surface area contributed by atoms with Gasteiger partial charge in [-0.15, -0.1) is 0 Å². The molecule has 0 radical (unpaired) electrons. The Labute approximate surface area is 148 Å². The molecule has 1 aliphatic carbocycles. The van der Waals surface area contributed by atoms with Crippen LogP contribution in [-0.2, 0) is 23.1 Å². The van der Waals surface area contributed by atoms with Crippen LogP contribution in [0.2, 0.25) is 0 Å². The molecule has 0 N–H and O–H groups in total. The van der Waals surface area contributed by atoms with E-state index in [2.05, 4.69) is 34.1 Å². The van der Waals surface area contributed by atoms with Gasteiger partial charge in [-0.05, 0) is 62.2 Å². The van der Waals surface area contributed by atoms with Crippen molar-refractivity contribution in [2.45, 2.75) is 44.6 Å². The topological polar surface area (TPSA) is 55.6 Å². The third-order valence-corrected chi connectivity index (χ3v) is 5.66. The summed E-state index contributed by atoms with van der Waals surface area (Å²) in [5.41, 5.74) is 3.47. The van der Waals surface area contributed by atoms with E-state index in [1.54, 1.807) is 18.7 Å². The fourth-order valence-electron chi connectivity index (χ4n) is 4.31.